The number of nitriles is 1. The first-order valence-electron chi connectivity index (χ1n) is 9.51. The van der Waals surface area contributed by atoms with Gasteiger partial charge < -0.3 is 10.1 Å². The van der Waals surface area contributed by atoms with Crippen LogP contribution in [0.25, 0.3) is 0 Å². The van der Waals surface area contributed by atoms with Crippen LogP contribution in [0.5, 0.6) is 5.75 Å². The number of hydrogen-bond acceptors (Lipinski definition) is 4. The second-order valence-corrected chi connectivity index (χ2v) is 6.95. The lowest BCUT2D eigenvalue weighted by Gasteiger charge is -2.31. The molecule has 28 heavy (non-hydrogen) atoms. The van der Waals surface area contributed by atoms with Crippen molar-refractivity contribution in [3.8, 4) is 11.8 Å². The molecule has 0 atom stereocenters. The first kappa shape index (κ1) is 19.8. The van der Waals surface area contributed by atoms with Gasteiger partial charge in [0.2, 0.25) is 5.91 Å². The highest BCUT2D eigenvalue weighted by Gasteiger charge is 2.24. The van der Waals surface area contributed by atoms with Gasteiger partial charge in [-0.15, -0.1) is 0 Å². The normalized spacial score (nSPS) is 15.0. The second kappa shape index (κ2) is 9.86. The molecular formula is C22H24FN3O2. The zero-order valence-electron chi connectivity index (χ0n) is 15.7. The Morgan fingerprint density at radius 3 is 2.68 bits per heavy atom. The minimum Gasteiger partial charge on any atom is -0.492 e. The van der Waals surface area contributed by atoms with E-state index in [1.54, 1.807) is 24.3 Å². The Labute approximate surface area is 164 Å². The maximum Gasteiger partial charge on any atom is 0.223 e. The van der Waals surface area contributed by atoms with Gasteiger partial charge in [0.1, 0.15) is 18.2 Å². The van der Waals surface area contributed by atoms with Gasteiger partial charge in [0.25, 0.3) is 0 Å². The van der Waals surface area contributed by atoms with Crippen molar-refractivity contribution in [1.82, 2.24) is 10.2 Å². The standard InChI is InChI=1S/C22H24FN3O2/c23-20-6-4-17(5-7-20)16-25-22(27)19-8-10-26(11-9-19)12-13-28-21-3-1-2-18(14-21)15-24/h1-7,14,19H,8-13,16H2,(H,25,27). The third-order valence-corrected chi connectivity index (χ3v) is 4.98. The number of ether oxygens (including phenoxy) is 1. The Morgan fingerprint density at radius 1 is 1.21 bits per heavy atom. The van der Waals surface area contributed by atoms with Crippen LogP contribution in [0.4, 0.5) is 4.39 Å². The molecule has 0 radical (unpaired) electrons. The summed E-state index contributed by atoms with van der Waals surface area (Å²) in [5.74, 6) is 0.511. The van der Waals surface area contributed by atoms with Crippen LogP contribution in [-0.4, -0.2) is 37.0 Å². The van der Waals surface area contributed by atoms with Crippen LogP contribution in [0.15, 0.2) is 48.5 Å². The molecule has 2 aromatic carbocycles. The van der Waals surface area contributed by atoms with Crippen LogP contribution >= 0.6 is 0 Å². The minimum atomic E-state index is -0.274. The number of carbonyl (C=O) groups is 1. The monoisotopic (exact) mass is 381 g/mol. The van der Waals surface area contributed by atoms with Crippen LogP contribution in [0.2, 0.25) is 0 Å². The van der Waals surface area contributed by atoms with Crippen molar-refractivity contribution >= 4 is 5.91 Å². The minimum absolute atomic E-state index is 0.0185. The van der Waals surface area contributed by atoms with Crippen LogP contribution < -0.4 is 10.1 Å². The number of nitrogens with one attached hydrogen (secondary N) is 1. The fourth-order valence-corrected chi connectivity index (χ4v) is 3.30. The molecule has 1 aliphatic heterocycles. The van der Waals surface area contributed by atoms with E-state index in [9.17, 15) is 9.18 Å². The molecule has 2 aromatic rings. The summed E-state index contributed by atoms with van der Waals surface area (Å²) in [5.41, 5.74) is 1.48. The third kappa shape index (κ3) is 5.80. The van der Waals surface area contributed by atoms with E-state index in [1.165, 1.54) is 12.1 Å². The number of rotatable bonds is 7. The van der Waals surface area contributed by atoms with Gasteiger partial charge in [-0.05, 0) is 61.8 Å². The Kier molecular flexibility index (Phi) is 6.99. The molecule has 1 heterocycles. The number of carbonyl (C=O) groups excluding carboxylic acids is 1. The molecule has 1 fully saturated rings. The first-order chi connectivity index (χ1) is 13.6. The van der Waals surface area contributed by atoms with Gasteiger partial charge in [-0.2, -0.15) is 5.26 Å². The number of piperidine rings is 1. The predicted molar refractivity (Wildman–Crippen MR) is 104 cm³/mol. The maximum absolute atomic E-state index is 12.9. The molecule has 1 aliphatic rings. The van der Waals surface area contributed by atoms with Gasteiger partial charge in [0, 0.05) is 19.0 Å². The van der Waals surface area contributed by atoms with Crippen molar-refractivity contribution < 1.29 is 13.9 Å². The highest BCUT2D eigenvalue weighted by atomic mass is 19.1. The van der Waals surface area contributed by atoms with Crippen LogP contribution in [-0.2, 0) is 11.3 Å². The molecule has 6 heteroatoms. The number of hydrogen-bond donors (Lipinski definition) is 1. The van der Waals surface area contributed by atoms with Gasteiger partial charge in [-0.25, -0.2) is 4.39 Å². The lowest BCUT2D eigenvalue weighted by Crippen LogP contribution is -2.41. The molecule has 5 nitrogen and oxygen atoms in total. The molecule has 1 N–H and O–H groups in total. The summed E-state index contributed by atoms with van der Waals surface area (Å²) >= 11 is 0. The van der Waals surface area contributed by atoms with E-state index in [0.29, 0.717) is 24.5 Å². The average molecular weight is 381 g/mol. The van der Waals surface area contributed by atoms with Crippen molar-refractivity contribution in [3.63, 3.8) is 0 Å². The van der Waals surface area contributed by atoms with Crippen molar-refractivity contribution in [2.24, 2.45) is 5.92 Å². The zero-order chi connectivity index (χ0) is 19.8. The Balaban J connectivity index is 1.35. The summed E-state index contributed by atoms with van der Waals surface area (Å²) < 4.78 is 18.6. The highest BCUT2D eigenvalue weighted by Crippen LogP contribution is 2.18. The fourth-order valence-electron chi connectivity index (χ4n) is 3.30. The second-order valence-electron chi connectivity index (χ2n) is 6.95. The average Bonchev–Trinajstić information content (AvgIpc) is 2.74. The van der Waals surface area contributed by atoms with E-state index in [-0.39, 0.29) is 17.6 Å². The number of nitrogens with zero attached hydrogens (tertiary/aromatic N) is 2. The van der Waals surface area contributed by atoms with Gasteiger partial charge in [-0.3, -0.25) is 9.69 Å². The fraction of sp³-hybridized carbons (Fsp3) is 0.364. The molecule has 0 spiro atoms. The lowest BCUT2D eigenvalue weighted by atomic mass is 9.96. The predicted octanol–water partition coefficient (Wildman–Crippen LogP) is 3.10. The Bertz CT molecular complexity index is 824. The highest BCUT2D eigenvalue weighted by molar-refractivity contribution is 5.78. The molecule has 3 rings (SSSR count). The summed E-state index contributed by atoms with van der Waals surface area (Å²) in [7, 11) is 0. The molecular weight excluding hydrogens is 357 g/mol. The summed E-state index contributed by atoms with van der Waals surface area (Å²) in [5, 5.41) is 11.9. The largest absolute Gasteiger partial charge is 0.492 e. The van der Waals surface area contributed by atoms with E-state index in [1.807, 2.05) is 12.1 Å². The topological polar surface area (TPSA) is 65.4 Å². The van der Waals surface area contributed by atoms with E-state index in [2.05, 4.69) is 16.3 Å². The van der Waals surface area contributed by atoms with Crippen molar-refractivity contribution in [2.75, 3.05) is 26.2 Å². The SMILES string of the molecule is N#Cc1cccc(OCCN2CCC(C(=O)NCc3ccc(F)cc3)CC2)c1. The molecule has 1 saturated heterocycles. The molecule has 146 valence electrons. The Hall–Kier alpha value is -2.91. The zero-order valence-corrected chi connectivity index (χ0v) is 15.7. The molecule has 0 unspecified atom stereocenters. The summed E-state index contributed by atoms with van der Waals surface area (Å²) in [6.07, 6.45) is 1.64. The number of amides is 1. The van der Waals surface area contributed by atoms with Gasteiger partial charge in [0.15, 0.2) is 0 Å². The van der Waals surface area contributed by atoms with Crippen molar-refractivity contribution in [3.05, 3.63) is 65.5 Å². The van der Waals surface area contributed by atoms with Crippen molar-refractivity contribution in [2.45, 2.75) is 19.4 Å². The summed E-state index contributed by atoms with van der Waals surface area (Å²) in [4.78, 5) is 14.6. The van der Waals surface area contributed by atoms with Gasteiger partial charge in [0.05, 0.1) is 11.6 Å². The molecule has 0 bridgehead atoms. The summed E-state index contributed by atoms with van der Waals surface area (Å²) in [6.45, 7) is 3.48. The van der Waals surface area contributed by atoms with E-state index >= 15 is 0 Å². The van der Waals surface area contributed by atoms with Gasteiger partial charge >= 0.3 is 0 Å². The van der Waals surface area contributed by atoms with E-state index < -0.39 is 0 Å². The van der Waals surface area contributed by atoms with Crippen LogP contribution in [0, 0.1) is 23.1 Å². The van der Waals surface area contributed by atoms with E-state index in [0.717, 1.165) is 38.0 Å². The summed E-state index contributed by atoms with van der Waals surface area (Å²) in [6, 6.07) is 15.4. The van der Waals surface area contributed by atoms with Crippen LogP contribution in [0.3, 0.4) is 0 Å². The number of halogens is 1. The molecule has 1 amide bonds. The smallest absolute Gasteiger partial charge is 0.223 e. The van der Waals surface area contributed by atoms with Crippen LogP contribution in [0.1, 0.15) is 24.0 Å². The van der Waals surface area contributed by atoms with Crippen molar-refractivity contribution in [1.29, 1.82) is 5.26 Å². The third-order valence-electron chi connectivity index (χ3n) is 4.98. The quantitative estimate of drug-likeness (QED) is 0.800. The number of benzene rings is 2. The maximum atomic E-state index is 12.9. The lowest BCUT2D eigenvalue weighted by molar-refractivity contribution is -0.126. The molecule has 0 saturated carbocycles. The Morgan fingerprint density at radius 2 is 1.96 bits per heavy atom. The first-order valence-corrected chi connectivity index (χ1v) is 9.51. The molecule has 0 aliphatic carbocycles. The van der Waals surface area contributed by atoms with Gasteiger partial charge in [-0.1, -0.05) is 18.2 Å². The number of likely N-dealkylation sites (tertiary alicyclic amines) is 1. The molecule has 0 aromatic heterocycles. The van der Waals surface area contributed by atoms with E-state index in [4.69, 9.17) is 10.00 Å².